The summed E-state index contributed by atoms with van der Waals surface area (Å²) in [7, 11) is 0. The van der Waals surface area contributed by atoms with Crippen LogP contribution in [-0.4, -0.2) is 17.7 Å². The lowest BCUT2D eigenvalue weighted by molar-refractivity contribution is -0.137. The van der Waals surface area contributed by atoms with E-state index >= 15 is 0 Å². The van der Waals surface area contributed by atoms with Crippen LogP contribution in [0.5, 0.6) is 17.2 Å². The van der Waals surface area contributed by atoms with Crippen molar-refractivity contribution in [3.8, 4) is 17.2 Å². The third-order valence-electron chi connectivity index (χ3n) is 4.02. The highest BCUT2D eigenvalue weighted by molar-refractivity contribution is 5.88. The van der Waals surface area contributed by atoms with Crippen LogP contribution >= 0.6 is 0 Å². The van der Waals surface area contributed by atoms with Crippen LogP contribution in [0.3, 0.4) is 0 Å². The Hall–Kier alpha value is -3.74. The van der Waals surface area contributed by atoms with E-state index in [1.54, 1.807) is 48.6 Å². The van der Waals surface area contributed by atoms with E-state index in [2.05, 4.69) is 0 Å². The molecule has 154 valence electrons. The van der Waals surface area contributed by atoms with Crippen molar-refractivity contribution in [2.75, 3.05) is 6.61 Å². The minimum absolute atomic E-state index is 0.119. The van der Waals surface area contributed by atoms with Crippen molar-refractivity contribution in [2.24, 2.45) is 0 Å². The molecule has 0 atom stereocenters. The molecular formula is C23H17F3O4. The molecule has 0 spiro atoms. The third kappa shape index (κ3) is 5.88. The SMILES string of the molecule is O=C(O)c1cccc(Oc2cccc(OCC=Cc3ccc(C(F)(F)F)cc3)c2)c1. The molecule has 0 heterocycles. The van der Waals surface area contributed by atoms with Gasteiger partial charge in [0.05, 0.1) is 11.1 Å². The van der Waals surface area contributed by atoms with E-state index in [-0.39, 0.29) is 12.2 Å². The summed E-state index contributed by atoms with van der Waals surface area (Å²) in [6.45, 7) is 0.207. The Morgan fingerprint density at radius 1 is 0.900 bits per heavy atom. The molecule has 0 aliphatic rings. The van der Waals surface area contributed by atoms with Gasteiger partial charge in [0.25, 0.3) is 0 Å². The molecule has 0 saturated carbocycles. The van der Waals surface area contributed by atoms with Gasteiger partial charge in [-0.05, 0) is 54.1 Å². The molecule has 0 unspecified atom stereocenters. The van der Waals surface area contributed by atoms with Crippen LogP contribution < -0.4 is 9.47 Å². The number of aromatic carboxylic acids is 1. The Bertz CT molecular complexity index is 1040. The molecule has 0 aliphatic heterocycles. The van der Waals surface area contributed by atoms with E-state index < -0.39 is 17.7 Å². The summed E-state index contributed by atoms with van der Waals surface area (Å²) in [5, 5.41) is 9.04. The number of rotatable bonds is 7. The van der Waals surface area contributed by atoms with E-state index in [4.69, 9.17) is 14.6 Å². The normalized spacial score (nSPS) is 11.4. The maximum absolute atomic E-state index is 12.6. The van der Waals surface area contributed by atoms with Gasteiger partial charge >= 0.3 is 12.1 Å². The first kappa shape index (κ1) is 21.0. The Morgan fingerprint density at radius 3 is 2.20 bits per heavy atom. The molecule has 4 nitrogen and oxygen atoms in total. The summed E-state index contributed by atoms with van der Waals surface area (Å²) in [5.74, 6) is 0.340. The van der Waals surface area contributed by atoms with Crippen molar-refractivity contribution in [1.82, 2.24) is 0 Å². The quantitative estimate of drug-likeness (QED) is 0.494. The minimum atomic E-state index is -4.35. The van der Waals surface area contributed by atoms with Gasteiger partial charge in [0.15, 0.2) is 0 Å². The Balaban J connectivity index is 1.57. The number of ether oxygens (including phenoxy) is 2. The molecule has 0 saturated heterocycles. The van der Waals surface area contributed by atoms with Crippen molar-refractivity contribution in [1.29, 1.82) is 0 Å². The van der Waals surface area contributed by atoms with Gasteiger partial charge in [0, 0.05) is 6.07 Å². The molecule has 7 heteroatoms. The summed E-state index contributed by atoms with van der Waals surface area (Å²) < 4.78 is 49.0. The Morgan fingerprint density at radius 2 is 1.53 bits per heavy atom. The first-order chi connectivity index (χ1) is 14.3. The highest BCUT2D eigenvalue weighted by atomic mass is 19.4. The molecule has 0 amide bonds. The summed E-state index contributed by atoms with van der Waals surface area (Å²) in [6.07, 6.45) is -1.00. The molecule has 30 heavy (non-hydrogen) atoms. The zero-order valence-electron chi connectivity index (χ0n) is 15.6. The molecule has 1 N–H and O–H groups in total. The molecule has 3 aromatic carbocycles. The van der Waals surface area contributed by atoms with E-state index in [0.29, 0.717) is 22.8 Å². The lowest BCUT2D eigenvalue weighted by atomic mass is 10.1. The average Bonchev–Trinajstić information content (AvgIpc) is 2.71. The summed E-state index contributed by atoms with van der Waals surface area (Å²) in [5.41, 5.74) is 0.0527. The Labute approximate surface area is 170 Å². The lowest BCUT2D eigenvalue weighted by Gasteiger charge is -2.09. The van der Waals surface area contributed by atoms with Crippen LogP contribution in [-0.2, 0) is 6.18 Å². The molecule has 0 aromatic heterocycles. The van der Waals surface area contributed by atoms with Crippen molar-refractivity contribution < 1.29 is 32.5 Å². The van der Waals surface area contributed by atoms with Crippen molar-refractivity contribution in [2.45, 2.75) is 6.18 Å². The van der Waals surface area contributed by atoms with Gasteiger partial charge in [-0.1, -0.05) is 30.3 Å². The van der Waals surface area contributed by atoms with Gasteiger partial charge in [-0.15, -0.1) is 0 Å². The number of carbonyl (C=O) groups is 1. The first-order valence-electron chi connectivity index (χ1n) is 8.89. The average molecular weight is 414 g/mol. The number of halogens is 3. The fraction of sp³-hybridized carbons (Fsp3) is 0.0870. The summed E-state index contributed by atoms with van der Waals surface area (Å²) >= 11 is 0. The molecule has 3 aromatic rings. The van der Waals surface area contributed by atoms with Crippen LogP contribution in [0, 0.1) is 0 Å². The second-order valence-corrected chi connectivity index (χ2v) is 6.24. The maximum atomic E-state index is 12.6. The monoisotopic (exact) mass is 414 g/mol. The third-order valence-corrected chi connectivity index (χ3v) is 4.02. The van der Waals surface area contributed by atoms with Crippen molar-refractivity contribution in [3.63, 3.8) is 0 Å². The van der Waals surface area contributed by atoms with Crippen LogP contribution in [0.25, 0.3) is 6.08 Å². The van der Waals surface area contributed by atoms with Crippen LogP contribution in [0.2, 0.25) is 0 Å². The summed E-state index contributed by atoms with van der Waals surface area (Å²) in [6, 6.07) is 17.8. The van der Waals surface area contributed by atoms with Gasteiger partial charge in [0.1, 0.15) is 23.9 Å². The highest BCUT2D eigenvalue weighted by Gasteiger charge is 2.29. The highest BCUT2D eigenvalue weighted by Crippen LogP contribution is 2.29. The molecular weight excluding hydrogens is 397 g/mol. The first-order valence-corrected chi connectivity index (χ1v) is 8.89. The summed E-state index contributed by atoms with van der Waals surface area (Å²) in [4.78, 5) is 11.0. The fourth-order valence-corrected chi connectivity index (χ4v) is 2.57. The lowest BCUT2D eigenvalue weighted by Crippen LogP contribution is -2.03. The molecule has 0 radical (unpaired) electrons. The standard InChI is InChI=1S/C23H17F3O4/c24-23(25,26)18-11-9-16(10-12-18)4-3-13-29-19-6-2-8-21(15-19)30-20-7-1-5-17(14-20)22(27)28/h1-12,14-15H,13H2,(H,27,28). The second-order valence-electron chi connectivity index (χ2n) is 6.24. The van der Waals surface area contributed by atoms with Gasteiger partial charge in [-0.3, -0.25) is 0 Å². The smallest absolute Gasteiger partial charge is 0.416 e. The number of hydrogen-bond acceptors (Lipinski definition) is 3. The maximum Gasteiger partial charge on any atom is 0.416 e. The topological polar surface area (TPSA) is 55.8 Å². The number of benzene rings is 3. The fourth-order valence-electron chi connectivity index (χ4n) is 2.57. The largest absolute Gasteiger partial charge is 0.489 e. The minimum Gasteiger partial charge on any atom is -0.489 e. The van der Waals surface area contributed by atoms with Gasteiger partial charge < -0.3 is 14.6 Å². The van der Waals surface area contributed by atoms with Gasteiger partial charge in [0.2, 0.25) is 0 Å². The second kappa shape index (κ2) is 9.17. The van der Waals surface area contributed by atoms with E-state index in [0.717, 1.165) is 12.1 Å². The van der Waals surface area contributed by atoms with Crippen molar-refractivity contribution in [3.05, 3.63) is 95.6 Å². The zero-order chi connectivity index (χ0) is 21.6. The number of hydrogen-bond donors (Lipinski definition) is 1. The van der Waals surface area contributed by atoms with Crippen LogP contribution in [0.4, 0.5) is 13.2 Å². The van der Waals surface area contributed by atoms with Gasteiger partial charge in [-0.2, -0.15) is 13.2 Å². The number of carboxylic acid groups (broad SMARTS) is 1. The van der Waals surface area contributed by atoms with E-state index in [1.807, 2.05) is 0 Å². The predicted molar refractivity (Wildman–Crippen MR) is 106 cm³/mol. The van der Waals surface area contributed by atoms with E-state index in [1.165, 1.54) is 24.3 Å². The predicted octanol–water partition coefficient (Wildman–Crippen LogP) is 6.29. The number of carboxylic acids is 1. The molecule has 3 rings (SSSR count). The molecule has 0 aliphatic carbocycles. The van der Waals surface area contributed by atoms with Crippen LogP contribution in [0.1, 0.15) is 21.5 Å². The molecule has 0 bridgehead atoms. The van der Waals surface area contributed by atoms with Crippen molar-refractivity contribution >= 4 is 12.0 Å². The number of alkyl halides is 3. The Kier molecular flexibility index (Phi) is 6.41. The zero-order valence-corrected chi connectivity index (χ0v) is 15.6. The van der Waals surface area contributed by atoms with E-state index in [9.17, 15) is 18.0 Å². The van der Waals surface area contributed by atoms with Crippen LogP contribution in [0.15, 0.2) is 78.9 Å². The van der Waals surface area contributed by atoms with Gasteiger partial charge in [-0.25, -0.2) is 4.79 Å². The molecule has 0 fully saturated rings.